The summed E-state index contributed by atoms with van der Waals surface area (Å²) in [5.74, 6) is -2.00. The fourth-order valence-electron chi connectivity index (χ4n) is 4.64. The van der Waals surface area contributed by atoms with Gasteiger partial charge in [0.05, 0.1) is 0 Å². The number of rotatable bonds is 11. The Bertz CT molecular complexity index is 1580. The lowest BCUT2D eigenvalue weighted by atomic mass is 10.0. The smallest absolute Gasteiger partial charge is 0.326 e. The zero-order chi connectivity index (χ0) is 30.2. The van der Waals surface area contributed by atoms with E-state index in [1.54, 1.807) is 42.5 Å². The molecule has 1 aliphatic heterocycles. The van der Waals surface area contributed by atoms with Crippen LogP contribution in [0.2, 0.25) is 5.02 Å². The molecule has 3 atom stereocenters. The van der Waals surface area contributed by atoms with Gasteiger partial charge in [-0.25, -0.2) is 4.79 Å². The van der Waals surface area contributed by atoms with E-state index in [1.807, 2.05) is 60.7 Å². The van der Waals surface area contributed by atoms with Crippen molar-refractivity contribution in [1.82, 2.24) is 5.32 Å². The Kier molecular flexibility index (Phi) is 9.68. The van der Waals surface area contributed by atoms with Gasteiger partial charge in [0.1, 0.15) is 25.2 Å². The molecule has 4 aromatic carbocycles. The van der Waals surface area contributed by atoms with Crippen molar-refractivity contribution in [3.63, 3.8) is 0 Å². The largest absolute Gasteiger partial charge is 0.489 e. The molecule has 5 rings (SSSR count). The maximum atomic E-state index is 13.2. The molecule has 0 saturated carbocycles. The average Bonchev–Trinajstić information content (AvgIpc) is 3.52. The Morgan fingerprint density at radius 3 is 2.21 bits per heavy atom. The Balaban J connectivity index is 1.20. The Hall–Kier alpha value is -4.70. The molecule has 0 spiro atoms. The van der Waals surface area contributed by atoms with Crippen LogP contribution in [0.25, 0.3) is 11.1 Å². The zero-order valence-electron chi connectivity index (χ0n) is 22.9. The van der Waals surface area contributed by atoms with Crippen LogP contribution in [0.5, 0.6) is 5.75 Å². The predicted octanol–water partition coefficient (Wildman–Crippen LogP) is 5.08. The number of benzene rings is 4. The van der Waals surface area contributed by atoms with Crippen molar-refractivity contribution in [3.05, 3.63) is 119 Å². The van der Waals surface area contributed by atoms with Gasteiger partial charge in [0.15, 0.2) is 12.2 Å². The number of carbonyl (C=O) groups is 3. The number of carboxylic acid groups (broad SMARTS) is 1. The Morgan fingerprint density at radius 2 is 1.49 bits per heavy atom. The van der Waals surface area contributed by atoms with Gasteiger partial charge in [0.25, 0.3) is 11.8 Å². The van der Waals surface area contributed by atoms with E-state index in [0.717, 1.165) is 16.7 Å². The number of ether oxygens (including phenoxy) is 3. The van der Waals surface area contributed by atoms with Crippen LogP contribution in [0, 0.1) is 0 Å². The molecule has 43 heavy (non-hydrogen) atoms. The molecular formula is C33H29ClN2O7. The summed E-state index contributed by atoms with van der Waals surface area (Å²) in [6.45, 7) is -0.00717. The summed E-state index contributed by atoms with van der Waals surface area (Å²) in [6, 6.07) is 29.8. The SMILES string of the molecule is O=C(O)C(Cc1ccc(OCc2ccccc2Cl)cc1)NC(=O)C1OCOC1C(=O)Nc1ccccc1-c1ccccc1. The topological polar surface area (TPSA) is 123 Å². The van der Waals surface area contributed by atoms with Crippen LogP contribution in [0.3, 0.4) is 0 Å². The van der Waals surface area contributed by atoms with Crippen LogP contribution in [-0.2, 0) is 36.9 Å². The lowest BCUT2D eigenvalue weighted by Gasteiger charge is -2.20. The number of anilines is 1. The van der Waals surface area contributed by atoms with E-state index in [9.17, 15) is 19.5 Å². The molecule has 3 unspecified atom stereocenters. The molecule has 10 heteroatoms. The molecule has 0 aliphatic carbocycles. The summed E-state index contributed by atoms with van der Waals surface area (Å²) in [6.07, 6.45) is -2.60. The lowest BCUT2D eigenvalue weighted by molar-refractivity contribution is -0.144. The van der Waals surface area contributed by atoms with Gasteiger partial charge in [-0.05, 0) is 35.4 Å². The second kappa shape index (κ2) is 14.0. The summed E-state index contributed by atoms with van der Waals surface area (Å²) in [7, 11) is 0. The lowest BCUT2D eigenvalue weighted by Crippen LogP contribution is -2.51. The third-order valence-corrected chi connectivity index (χ3v) is 7.26. The minimum Gasteiger partial charge on any atom is -0.489 e. The van der Waals surface area contributed by atoms with Crippen LogP contribution in [0.15, 0.2) is 103 Å². The first kappa shape index (κ1) is 29.8. The molecule has 4 aromatic rings. The van der Waals surface area contributed by atoms with Crippen LogP contribution in [0.4, 0.5) is 5.69 Å². The quantitative estimate of drug-likeness (QED) is 0.219. The molecule has 1 aliphatic rings. The first-order valence-corrected chi connectivity index (χ1v) is 13.9. The monoisotopic (exact) mass is 600 g/mol. The molecule has 0 bridgehead atoms. The standard InChI is InChI=1S/C33H29ClN2O7/c34-26-12-6-4-10-23(26)19-41-24-16-14-21(15-17-24)18-28(33(39)40)36-32(38)30-29(42-20-43-30)31(37)35-27-13-7-5-11-25(27)22-8-2-1-3-9-22/h1-17,28-30H,18-20H2,(H,35,37)(H,36,38)(H,39,40). The van der Waals surface area contributed by atoms with Crippen molar-refractivity contribution in [3.8, 4) is 16.9 Å². The van der Waals surface area contributed by atoms with Gasteiger partial charge in [-0.15, -0.1) is 0 Å². The minimum absolute atomic E-state index is 0.000752. The number of hydrogen-bond donors (Lipinski definition) is 3. The molecular weight excluding hydrogens is 572 g/mol. The Morgan fingerprint density at radius 1 is 0.837 bits per heavy atom. The van der Waals surface area contributed by atoms with Crippen molar-refractivity contribution in [2.45, 2.75) is 31.3 Å². The third-order valence-electron chi connectivity index (χ3n) is 6.89. The number of carbonyl (C=O) groups excluding carboxylic acids is 2. The van der Waals surface area contributed by atoms with E-state index in [2.05, 4.69) is 10.6 Å². The normalized spacial score (nSPS) is 16.7. The highest BCUT2D eigenvalue weighted by Crippen LogP contribution is 2.28. The summed E-state index contributed by atoms with van der Waals surface area (Å²) >= 11 is 6.17. The average molecular weight is 601 g/mol. The number of amides is 2. The molecule has 0 aromatic heterocycles. The van der Waals surface area contributed by atoms with Crippen molar-refractivity contribution < 1.29 is 33.7 Å². The van der Waals surface area contributed by atoms with Crippen molar-refractivity contribution in [1.29, 1.82) is 0 Å². The molecule has 3 N–H and O–H groups in total. The van der Waals surface area contributed by atoms with E-state index in [1.165, 1.54) is 0 Å². The van der Waals surface area contributed by atoms with E-state index < -0.39 is 36.0 Å². The van der Waals surface area contributed by atoms with Crippen LogP contribution < -0.4 is 15.4 Å². The zero-order valence-corrected chi connectivity index (χ0v) is 23.7. The van der Waals surface area contributed by atoms with Gasteiger partial charge >= 0.3 is 5.97 Å². The van der Waals surface area contributed by atoms with Gasteiger partial charge in [-0.1, -0.05) is 90.5 Å². The number of hydrogen-bond acceptors (Lipinski definition) is 6. The highest BCUT2D eigenvalue weighted by Gasteiger charge is 2.42. The maximum absolute atomic E-state index is 13.2. The number of aliphatic carboxylic acids is 1. The Labute approximate surface area is 253 Å². The third kappa shape index (κ3) is 7.58. The molecule has 1 fully saturated rings. The summed E-state index contributed by atoms with van der Waals surface area (Å²) in [5.41, 5.74) is 3.74. The predicted molar refractivity (Wildman–Crippen MR) is 161 cm³/mol. The molecule has 2 amide bonds. The van der Waals surface area contributed by atoms with Gasteiger partial charge < -0.3 is 30.0 Å². The van der Waals surface area contributed by atoms with Crippen LogP contribution in [-0.4, -0.2) is 47.9 Å². The van der Waals surface area contributed by atoms with Crippen LogP contribution in [0.1, 0.15) is 11.1 Å². The minimum atomic E-state index is -1.33. The van der Waals surface area contributed by atoms with Gasteiger partial charge in [-0.3, -0.25) is 9.59 Å². The van der Waals surface area contributed by atoms with Gasteiger partial charge in [-0.2, -0.15) is 0 Å². The maximum Gasteiger partial charge on any atom is 0.326 e. The van der Waals surface area contributed by atoms with E-state index in [-0.39, 0.29) is 19.8 Å². The highest BCUT2D eigenvalue weighted by molar-refractivity contribution is 6.31. The second-order valence-electron chi connectivity index (χ2n) is 9.82. The number of para-hydroxylation sites is 1. The van der Waals surface area contributed by atoms with Crippen LogP contribution >= 0.6 is 11.6 Å². The number of nitrogens with one attached hydrogen (secondary N) is 2. The molecule has 9 nitrogen and oxygen atoms in total. The number of halogens is 1. The fourth-order valence-corrected chi connectivity index (χ4v) is 4.83. The fraction of sp³-hybridized carbons (Fsp3) is 0.182. The van der Waals surface area contributed by atoms with Crippen molar-refractivity contribution >= 4 is 35.1 Å². The first-order chi connectivity index (χ1) is 20.9. The molecule has 0 radical (unpaired) electrons. The first-order valence-electron chi connectivity index (χ1n) is 13.6. The van der Waals surface area contributed by atoms with Gasteiger partial charge in [0.2, 0.25) is 0 Å². The van der Waals surface area contributed by atoms with Crippen molar-refractivity contribution in [2.24, 2.45) is 0 Å². The summed E-state index contributed by atoms with van der Waals surface area (Å²) in [5, 5.41) is 15.7. The highest BCUT2D eigenvalue weighted by atomic mass is 35.5. The summed E-state index contributed by atoms with van der Waals surface area (Å²) in [4.78, 5) is 38.3. The second-order valence-corrected chi connectivity index (χ2v) is 10.2. The number of carboxylic acids is 1. The summed E-state index contributed by atoms with van der Waals surface area (Å²) < 4.78 is 16.6. The van der Waals surface area contributed by atoms with Crippen molar-refractivity contribution in [2.75, 3.05) is 12.1 Å². The molecule has 1 heterocycles. The molecule has 1 saturated heterocycles. The van der Waals surface area contributed by atoms with E-state index in [0.29, 0.717) is 22.0 Å². The van der Waals surface area contributed by atoms with E-state index >= 15 is 0 Å². The van der Waals surface area contributed by atoms with E-state index in [4.69, 9.17) is 25.8 Å². The molecule has 220 valence electrons. The van der Waals surface area contributed by atoms with Gasteiger partial charge in [0, 0.05) is 28.3 Å².